The maximum atomic E-state index is 5.09. The summed E-state index contributed by atoms with van der Waals surface area (Å²) >= 11 is 3.29. The van der Waals surface area contributed by atoms with Gasteiger partial charge in [0.1, 0.15) is 4.60 Å². The maximum absolute atomic E-state index is 5.09. The Kier molecular flexibility index (Phi) is 2.06. The lowest BCUT2D eigenvalue weighted by Gasteiger charge is -2.27. The molecule has 1 fully saturated rings. The molecule has 0 saturated carbocycles. The molecule has 1 aromatic heterocycles. The predicted octanol–water partition coefficient (Wildman–Crippen LogP) is 1.23. The fourth-order valence-corrected chi connectivity index (χ4v) is 1.52. The zero-order valence-electron chi connectivity index (χ0n) is 6.66. The van der Waals surface area contributed by atoms with Gasteiger partial charge in [-0.15, -0.1) is 0 Å². The van der Waals surface area contributed by atoms with E-state index >= 15 is 0 Å². The molecule has 0 aromatic carbocycles. The van der Waals surface area contributed by atoms with E-state index in [1.54, 1.807) is 7.11 Å². The maximum Gasteiger partial charge on any atom is 0.297 e. The van der Waals surface area contributed by atoms with E-state index in [4.69, 9.17) is 9.47 Å². The van der Waals surface area contributed by atoms with Crippen molar-refractivity contribution in [3.8, 4) is 6.01 Å². The summed E-state index contributed by atoms with van der Waals surface area (Å²) in [6.45, 7) is 1.50. The second kappa shape index (κ2) is 3.06. The fourth-order valence-electron chi connectivity index (χ4n) is 1.14. The first-order valence-corrected chi connectivity index (χ1v) is 4.46. The summed E-state index contributed by atoms with van der Waals surface area (Å²) in [7, 11) is 1.62. The standard InChI is InChI=1S/C7H9BrN2O2/c1-11-7-9-6(8)2-10(7)5-3-12-4-5/h2,5H,3-4H2,1H3. The molecule has 0 aliphatic carbocycles. The van der Waals surface area contributed by atoms with Crippen molar-refractivity contribution in [2.24, 2.45) is 0 Å². The van der Waals surface area contributed by atoms with Crippen LogP contribution in [0.25, 0.3) is 0 Å². The fraction of sp³-hybridized carbons (Fsp3) is 0.571. The van der Waals surface area contributed by atoms with Crippen molar-refractivity contribution in [3.63, 3.8) is 0 Å². The number of hydrogen-bond donors (Lipinski definition) is 0. The minimum atomic E-state index is 0.388. The van der Waals surface area contributed by atoms with Gasteiger partial charge in [-0.25, -0.2) is 0 Å². The topological polar surface area (TPSA) is 36.3 Å². The lowest BCUT2D eigenvalue weighted by atomic mass is 10.2. The van der Waals surface area contributed by atoms with E-state index in [1.165, 1.54) is 0 Å². The van der Waals surface area contributed by atoms with Gasteiger partial charge in [0.2, 0.25) is 0 Å². The summed E-state index contributed by atoms with van der Waals surface area (Å²) in [5.74, 6) is 0. The molecule has 1 saturated heterocycles. The van der Waals surface area contributed by atoms with Crippen molar-refractivity contribution in [3.05, 3.63) is 10.8 Å². The second-order valence-corrected chi connectivity index (χ2v) is 3.46. The summed E-state index contributed by atoms with van der Waals surface area (Å²) in [5, 5.41) is 0. The first kappa shape index (κ1) is 8.07. The van der Waals surface area contributed by atoms with Crippen molar-refractivity contribution >= 4 is 15.9 Å². The molecular formula is C7H9BrN2O2. The number of hydrogen-bond acceptors (Lipinski definition) is 3. The summed E-state index contributed by atoms with van der Waals surface area (Å²) in [5.41, 5.74) is 0. The molecule has 1 aliphatic rings. The average molecular weight is 233 g/mol. The predicted molar refractivity (Wildman–Crippen MR) is 46.3 cm³/mol. The van der Waals surface area contributed by atoms with E-state index in [1.807, 2.05) is 10.8 Å². The van der Waals surface area contributed by atoms with Crippen molar-refractivity contribution in [2.45, 2.75) is 6.04 Å². The molecule has 0 spiro atoms. The molecule has 2 rings (SSSR count). The van der Waals surface area contributed by atoms with Gasteiger partial charge in [-0.1, -0.05) is 0 Å². The van der Waals surface area contributed by atoms with Crippen LogP contribution in [0.4, 0.5) is 0 Å². The molecule has 66 valence electrons. The molecule has 0 radical (unpaired) electrons. The Hall–Kier alpha value is -0.550. The molecule has 0 unspecified atom stereocenters. The minimum Gasteiger partial charge on any atom is -0.468 e. The van der Waals surface area contributed by atoms with Crippen molar-refractivity contribution in [1.82, 2.24) is 9.55 Å². The molecular weight excluding hydrogens is 224 g/mol. The van der Waals surface area contributed by atoms with E-state index < -0.39 is 0 Å². The second-order valence-electron chi connectivity index (χ2n) is 2.65. The lowest BCUT2D eigenvalue weighted by Crippen LogP contribution is -2.30. The first-order valence-electron chi connectivity index (χ1n) is 3.67. The Morgan fingerprint density at radius 1 is 1.75 bits per heavy atom. The largest absolute Gasteiger partial charge is 0.468 e. The molecule has 0 atom stereocenters. The van der Waals surface area contributed by atoms with Gasteiger partial charge in [0.15, 0.2) is 0 Å². The third-order valence-electron chi connectivity index (χ3n) is 1.87. The number of imidazole rings is 1. The Labute approximate surface area is 78.6 Å². The third-order valence-corrected chi connectivity index (χ3v) is 2.25. The van der Waals surface area contributed by atoms with Crippen LogP contribution < -0.4 is 4.74 Å². The minimum absolute atomic E-state index is 0.388. The average Bonchev–Trinajstić information content (AvgIpc) is 2.27. The van der Waals surface area contributed by atoms with E-state index in [-0.39, 0.29) is 0 Å². The van der Waals surface area contributed by atoms with Gasteiger partial charge in [-0.05, 0) is 15.9 Å². The highest BCUT2D eigenvalue weighted by atomic mass is 79.9. The molecule has 0 amide bonds. The zero-order chi connectivity index (χ0) is 8.55. The van der Waals surface area contributed by atoms with Gasteiger partial charge in [-0.3, -0.25) is 4.57 Å². The number of halogens is 1. The van der Waals surface area contributed by atoms with Crippen LogP contribution in [0.1, 0.15) is 6.04 Å². The summed E-state index contributed by atoms with van der Waals surface area (Å²) < 4.78 is 12.9. The number of aromatic nitrogens is 2. The van der Waals surface area contributed by atoms with Crippen molar-refractivity contribution in [2.75, 3.05) is 20.3 Å². The molecule has 1 aromatic rings. The van der Waals surface area contributed by atoms with Gasteiger partial charge in [0.25, 0.3) is 6.01 Å². The van der Waals surface area contributed by atoms with Crippen LogP contribution in [0.5, 0.6) is 6.01 Å². The van der Waals surface area contributed by atoms with Crippen molar-refractivity contribution < 1.29 is 9.47 Å². The SMILES string of the molecule is COc1nc(Br)cn1C1COC1. The molecule has 5 heteroatoms. The monoisotopic (exact) mass is 232 g/mol. The normalized spacial score (nSPS) is 17.5. The lowest BCUT2D eigenvalue weighted by molar-refractivity contribution is -0.0261. The Balaban J connectivity index is 2.27. The molecule has 0 N–H and O–H groups in total. The highest BCUT2D eigenvalue weighted by Crippen LogP contribution is 2.25. The zero-order valence-corrected chi connectivity index (χ0v) is 8.24. The van der Waals surface area contributed by atoms with Crippen LogP contribution in [-0.2, 0) is 4.74 Å². The van der Waals surface area contributed by atoms with Crippen LogP contribution in [0.15, 0.2) is 10.8 Å². The smallest absolute Gasteiger partial charge is 0.297 e. The number of nitrogens with zero attached hydrogens (tertiary/aromatic N) is 2. The molecule has 1 aliphatic heterocycles. The summed E-state index contributed by atoms with van der Waals surface area (Å²) in [6.07, 6.45) is 1.91. The quantitative estimate of drug-likeness (QED) is 0.770. The highest BCUT2D eigenvalue weighted by Gasteiger charge is 2.23. The first-order chi connectivity index (χ1) is 5.81. The summed E-state index contributed by atoms with van der Waals surface area (Å²) in [4.78, 5) is 4.13. The molecule has 12 heavy (non-hydrogen) atoms. The molecule has 4 nitrogen and oxygen atoms in total. The van der Waals surface area contributed by atoms with Crippen LogP contribution in [0.3, 0.4) is 0 Å². The number of rotatable bonds is 2. The van der Waals surface area contributed by atoms with Crippen LogP contribution >= 0.6 is 15.9 Å². The molecule has 2 heterocycles. The van der Waals surface area contributed by atoms with Gasteiger partial charge in [0.05, 0.1) is 26.4 Å². The van der Waals surface area contributed by atoms with Crippen LogP contribution in [0, 0.1) is 0 Å². The Morgan fingerprint density at radius 3 is 3.00 bits per heavy atom. The Morgan fingerprint density at radius 2 is 2.50 bits per heavy atom. The van der Waals surface area contributed by atoms with E-state index in [2.05, 4.69) is 20.9 Å². The van der Waals surface area contributed by atoms with Gasteiger partial charge < -0.3 is 9.47 Å². The summed E-state index contributed by atoms with van der Waals surface area (Å²) in [6, 6.07) is 1.02. The van der Waals surface area contributed by atoms with E-state index in [0.29, 0.717) is 12.1 Å². The van der Waals surface area contributed by atoms with E-state index in [9.17, 15) is 0 Å². The number of ether oxygens (including phenoxy) is 2. The third kappa shape index (κ3) is 1.23. The highest BCUT2D eigenvalue weighted by molar-refractivity contribution is 9.10. The van der Waals surface area contributed by atoms with Gasteiger partial charge in [0, 0.05) is 6.20 Å². The van der Waals surface area contributed by atoms with Crippen LogP contribution in [0.2, 0.25) is 0 Å². The van der Waals surface area contributed by atoms with E-state index in [0.717, 1.165) is 17.8 Å². The van der Waals surface area contributed by atoms with Gasteiger partial charge >= 0.3 is 0 Å². The van der Waals surface area contributed by atoms with Crippen LogP contribution in [-0.4, -0.2) is 29.9 Å². The van der Waals surface area contributed by atoms with Crippen molar-refractivity contribution in [1.29, 1.82) is 0 Å². The molecule has 0 bridgehead atoms. The van der Waals surface area contributed by atoms with Gasteiger partial charge in [-0.2, -0.15) is 4.98 Å². The Bertz CT molecular complexity index is 283. The number of methoxy groups -OCH3 is 1.